The molecule has 0 aliphatic carbocycles. The lowest BCUT2D eigenvalue weighted by molar-refractivity contribution is 0.250. The summed E-state index contributed by atoms with van der Waals surface area (Å²) in [6.45, 7) is 17.0. The van der Waals surface area contributed by atoms with Crippen molar-refractivity contribution < 1.29 is 19.7 Å². The Kier molecular flexibility index (Phi) is 6.43. The minimum absolute atomic E-state index is 0.109. The SMILES string of the molecule is CCCOc1c(OCCC)c(C(C)(C)C)c(O)c(O)c1C(C)(C)C. The highest BCUT2D eigenvalue weighted by molar-refractivity contribution is 5.69. The van der Waals surface area contributed by atoms with Gasteiger partial charge in [0.2, 0.25) is 0 Å². The minimum Gasteiger partial charge on any atom is -0.504 e. The molecule has 0 saturated heterocycles. The zero-order valence-corrected chi connectivity index (χ0v) is 16.5. The molecule has 1 rings (SSSR count). The largest absolute Gasteiger partial charge is 0.504 e. The number of aromatic hydroxyl groups is 2. The van der Waals surface area contributed by atoms with Crippen molar-refractivity contribution in [2.24, 2.45) is 0 Å². The number of phenolic OH excluding ortho intramolecular Hbond substituents is 2. The number of rotatable bonds is 6. The van der Waals surface area contributed by atoms with Crippen molar-refractivity contribution in [1.82, 2.24) is 0 Å². The van der Waals surface area contributed by atoms with Gasteiger partial charge in [-0.25, -0.2) is 0 Å². The number of hydrogen-bond acceptors (Lipinski definition) is 4. The molecule has 0 bridgehead atoms. The number of ether oxygens (including phenoxy) is 2. The molecule has 0 radical (unpaired) electrons. The van der Waals surface area contributed by atoms with Gasteiger partial charge in [-0.1, -0.05) is 55.4 Å². The van der Waals surface area contributed by atoms with Gasteiger partial charge in [-0.05, 0) is 23.7 Å². The summed E-state index contributed by atoms with van der Waals surface area (Å²) in [7, 11) is 0. The highest BCUT2D eigenvalue weighted by Crippen LogP contribution is 2.55. The first-order valence-corrected chi connectivity index (χ1v) is 8.85. The van der Waals surface area contributed by atoms with Crippen molar-refractivity contribution in [3.8, 4) is 23.0 Å². The van der Waals surface area contributed by atoms with E-state index in [0.29, 0.717) is 35.8 Å². The highest BCUT2D eigenvalue weighted by atomic mass is 16.5. The summed E-state index contributed by atoms with van der Waals surface area (Å²) in [5.41, 5.74) is 0.386. The fourth-order valence-electron chi connectivity index (χ4n) is 2.75. The average Bonchev–Trinajstić information content (AvgIpc) is 2.43. The highest BCUT2D eigenvalue weighted by Gasteiger charge is 2.36. The zero-order chi connectivity index (χ0) is 18.7. The van der Waals surface area contributed by atoms with E-state index in [2.05, 4.69) is 0 Å². The van der Waals surface area contributed by atoms with E-state index in [4.69, 9.17) is 9.47 Å². The Balaban J connectivity index is 3.83. The Labute approximate surface area is 146 Å². The molecule has 1 aromatic rings. The molecule has 0 aromatic heterocycles. The van der Waals surface area contributed by atoms with E-state index in [0.717, 1.165) is 12.8 Å². The van der Waals surface area contributed by atoms with Crippen molar-refractivity contribution in [2.45, 2.75) is 79.1 Å². The fraction of sp³-hybridized carbons (Fsp3) is 0.700. The van der Waals surface area contributed by atoms with E-state index < -0.39 is 10.8 Å². The Morgan fingerprint density at radius 3 is 1.17 bits per heavy atom. The van der Waals surface area contributed by atoms with Crippen LogP contribution in [-0.2, 0) is 10.8 Å². The molecule has 2 N–H and O–H groups in total. The van der Waals surface area contributed by atoms with Gasteiger partial charge < -0.3 is 19.7 Å². The van der Waals surface area contributed by atoms with Crippen LogP contribution in [-0.4, -0.2) is 23.4 Å². The van der Waals surface area contributed by atoms with Crippen molar-refractivity contribution in [3.63, 3.8) is 0 Å². The number of phenols is 2. The van der Waals surface area contributed by atoms with Crippen LogP contribution in [0.25, 0.3) is 0 Å². The van der Waals surface area contributed by atoms with E-state index in [1.165, 1.54) is 0 Å². The lowest BCUT2D eigenvalue weighted by Crippen LogP contribution is -2.20. The Bertz CT molecular complexity index is 512. The first-order chi connectivity index (χ1) is 11.0. The quantitative estimate of drug-likeness (QED) is 0.694. The third-order valence-corrected chi connectivity index (χ3v) is 3.76. The van der Waals surface area contributed by atoms with E-state index >= 15 is 0 Å². The maximum Gasteiger partial charge on any atom is 0.169 e. The molecule has 0 heterocycles. The average molecular weight is 338 g/mol. The van der Waals surface area contributed by atoms with Gasteiger partial charge in [-0.15, -0.1) is 0 Å². The number of benzene rings is 1. The third kappa shape index (κ3) is 4.28. The standard InChI is InChI=1S/C20H34O4/c1-9-11-23-17-13(19(3,4)5)15(21)16(22)14(20(6,7)8)18(17)24-12-10-2/h21-22H,9-12H2,1-8H3. The molecule has 0 aliphatic rings. The van der Waals surface area contributed by atoms with Crippen LogP contribution < -0.4 is 9.47 Å². The van der Waals surface area contributed by atoms with Gasteiger partial charge in [-0.3, -0.25) is 0 Å². The van der Waals surface area contributed by atoms with Crippen LogP contribution in [0.3, 0.4) is 0 Å². The van der Waals surface area contributed by atoms with Gasteiger partial charge in [0.05, 0.1) is 13.2 Å². The van der Waals surface area contributed by atoms with Crippen LogP contribution in [0.15, 0.2) is 0 Å². The molecule has 0 saturated carbocycles. The second kappa shape index (κ2) is 7.54. The van der Waals surface area contributed by atoms with E-state index in [9.17, 15) is 10.2 Å². The van der Waals surface area contributed by atoms with Crippen molar-refractivity contribution in [1.29, 1.82) is 0 Å². The summed E-state index contributed by atoms with van der Waals surface area (Å²) in [6, 6.07) is 0. The molecular formula is C20H34O4. The summed E-state index contributed by atoms with van der Waals surface area (Å²) in [6.07, 6.45) is 1.70. The second-order valence-corrected chi connectivity index (χ2v) is 8.30. The van der Waals surface area contributed by atoms with Crippen molar-refractivity contribution >= 4 is 0 Å². The van der Waals surface area contributed by atoms with Crippen molar-refractivity contribution in [2.75, 3.05) is 13.2 Å². The van der Waals surface area contributed by atoms with Gasteiger partial charge in [-0.2, -0.15) is 0 Å². The summed E-state index contributed by atoms with van der Waals surface area (Å²) < 4.78 is 12.0. The predicted molar refractivity (Wildman–Crippen MR) is 98.7 cm³/mol. The fourth-order valence-corrected chi connectivity index (χ4v) is 2.75. The van der Waals surface area contributed by atoms with Gasteiger partial charge >= 0.3 is 0 Å². The maximum absolute atomic E-state index is 10.7. The minimum atomic E-state index is -0.397. The van der Waals surface area contributed by atoms with Crippen LogP contribution in [0, 0.1) is 0 Å². The first kappa shape index (κ1) is 20.5. The molecule has 0 amide bonds. The summed E-state index contributed by atoms with van der Waals surface area (Å²) in [5.74, 6) is 0.890. The lowest BCUT2D eigenvalue weighted by atomic mass is 9.79. The Morgan fingerprint density at radius 2 is 0.958 bits per heavy atom. The molecule has 0 atom stereocenters. The molecule has 0 unspecified atom stereocenters. The smallest absolute Gasteiger partial charge is 0.169 e. The van der Waals surface area contributed by atoms with Gasteiger partial charge in [0.1, 0.15) is 0 Å². The molecule has 4 nitrogen and oxygen atoms in total. The van der Waals surface area contributed by atoms with Crippen LogP contribution >= 0.6 is 0 Å². The zero-order valence-electron chi connectivity index (χ0n) is 16.5. The molecule has 24 heavy (non-hydrogen) atoms. The number of hydrogen-bond donors (Lipinski definition) is 2. The van der Waals surface area contributed by atoms with Gasteiger partial charge in [0.15, 0.2) is 23.0 Å². The van der Waals surface area contributed by atoms with Crippen LogP contribution in [0.4, 0.5) is 0 Å². The van der Waals surface area contributed by atoms with E-state index in [-0.39, 0.29) is 11.5 Å². The predicted octanol–water partition coefficient (Wildman–Crippen LogP) is 5.27. The van der Waals surface area contributed by atoms with E-state index in [1.54, 1.807) is 0 Å². The molecule has 138 valence electrons. The Hall–Kier alpha value is -1.58. The van der Waals surface area contributed by atoms with Gasteiger partial charge in [0.25, 0.3) is 0 Å². The lowest BCUT2D eigenvalue weighted by Gasteiger charge is -2.31. The summed E-state index contributed by atoms with van der Waals surface area (Å²) >= 11 is 0. The van der Waals surface area contributed by atoms with Crippen molar-refractivity contribution in [3.05, 3.63) is 11.1 Å². The molecule has 4 heteroatoms. The molecule has 0 spiro atoms. The van der Waals surface area contributed by atoms with Crippen LogP contribution in [0.5, 0.6) is 23.0 Å². The maximum atomic E-state index is 10.7. The van der Waals surface area contributed by atoms with Crippen LogP contribution in [0.1, 0.15) is 79.4 Å². The molecule has 0 fully saturated rings. The molecule has 0 aliphatic heterocycles. The summed E-state index contributed by atoms with van der Waals surface area (Å²) in [5, 5.41) is 21.4. The molecular weight excluding hydrogens is 304 g/mol. The second-order valence-electron chi connectivity index (χ2n) is 8.30. The van der Waals surface area contributed by atoms with Crippen LogP contribution in [0.2, 0.25) is 0 Å². The first-order valence-electron chi connectivity index (χ1n) is 8.85. The Morgan fingerprint density at radius 1 is 0.667 bits per heavy atom. The normalized spacial score (nSPS) is 12.3. The van der Waals surface area contributed by atoms with E-state index in [1.807, 2.05) is 55.4 Å². The molecule has 1 aromatic carbocycles. The topological polar surface area (TPSA) is 58.9 Å². The third-order valence-electron chi connectivity index (χ3n) is 3.76. The van der Waals surface area contributed by atoms with Gasteiger partial charge in [0, 0.05) is 11.1 Å². The monoisotopic (exact) mass is 338 g/mol. The summed E-state index contributed by atoms with van der Waals surface area (Å²) in [4.78, 5) is 0.